The molecule has 0 aliphatic rings. The first-order valence-electron chi connectivity index (χ1n) is 5.11. The summed E-state index contributed by atoms with van der Waals surface area (Å²) in [5.74, 6) is 0. The fourth-order valence-electron chi connectivity index (χ4n) is 0. The zero-order chi connectivity index (χ0) is 10.2. The van der Waals surface area contributed by atoms with Crippen molar-refractivity contribution >= 4 is 23.1 Å². The third-order valence-electron chi connectivity index (χ3n) is 1.12. The van der Waals surface area contributed by atoms with Crippen LogP contribution in [0.1, 0.15) is 59.8 Å². The fraction of sp³-hybridized carbons (Fsp3) is 0.750. The second-order valence-electron chi connectivity index (χ2n) is 2.52. The van der Waals surface area contributed by atoms with Gasteiger partial charge in [0.05, 0.1) is 0 Å². The van der Waals surface area contributed by atoms with E-state index in [0.717, 1.165) is 12.8 Å². The molecule has 0 N–H and O–H groups in total. The maximum absolute atomic E-state index is 3.60. The van der Waals surface area contributed by atoms with Crippen molar-refractivity contribution in [3.63, 3.8) is 0 Å². The van der Waals surface area contributed by atoms with E-state index in [1.165, 1.54) is 19.3 Å². The van der Waals surface area contributed by atoms with Crippen molar-refractivity contribution in [2.24, 2.45) is 0 Å². The van der Waals surface area contributed by atoms with Crippen LogP contribution in [0.2, 0.25) is 0 Å². The molecule has 0 aliphatic carbocycles. The molecule has 0 bridgehead atoms. The van der Waals surface area contributed by atoms with Crippen LogP contribution in [0, 0.1) is 20.3 Å². The van der Waals surface area contributed by atoms with Crippen molar-refractivity contribution in [2.75, 3.05) is 0 Å². The molecule has 0 aromatic rings. The van der Waals surface area contributed by atoms with Crippen molar-refractivity contribution in [1.82, 2.24) is 0 Å². The molecule has 2 heteroatoms. The predicted octanol–water partition coefficient (Wildman–Crippen LogP) is 1.48. The Hall–Kier alpha value is 1.36. The zero-order valence-corrected chi connectivity index (χ0v) is 12.6. The van der Waals surface area contributed by atoms with E-state index in [4.69, 9.17) is 0 Å². The first kappa shape index (κ1) is 29.5. The first-order valence-corrected chi connectivity index (χ1v) is 5.11. The van der Waals surface area contributed by atoms with E-state index in [9.17, 15) is 0 Å². The minimum atomic E-state index is 0. The van der Waals surface area contributed by atoms with E-state index in [0.29, 0.717) is 0 Å². The summed E-state index contributed by atoms with van der Waals surface area (Å²) >= 11 is 0. The van der Waals surface area contributed by atoms with Crippen molar-refractivity contribution in [3.05, 3.63) is 20.3 Å². The van der Waals surface area contributed by atoms with Gasteiger partial charge in [-0.1, -0.05) is 33.6 Å². The quantitative estimate of drug-likeness (QED) is 0.481. The Bertz CT molecular complexity index is 25.8. The van der Waals surface area contributed by atoms with E-state index in [-0.39, 0.29) is 41.9 Å². The molecule has 0 amide bonds. The second-order valence-corrected chi connectivity index (χ2v) is 2.52. The van der Waals surface area contributed by atoms with Crippen molar-refractivity contribution in [2.45, 2.75) is 59.8 Å². The van der Waals surface area contributed by atoms with Gasteiger partial charge in [0, 0.05) is 0 Å². The molecule has 0 aromatic carbocycles. The molecule has 0 nitrogen and oxygen atoms in total. The third kappa shape index (κ3) is 107. The Morgan fingerprint density at radius 1 is 0.929 bits per heavy atom. The molecule has 14 heavy (non-hydrogen) atoms. The van der Waals surface area contributed by atoms with Gasteiger partial charge in [0.1, 0.15) is 0 Å². The summed E-state index contributed by atoms with van der Waals surface area (Å²) in [6, 6.07) is 0. The van der Waals surface area contributed by atoms with Crippen molar-refractivity contribution in [3.8, 4) is 0 Å². The third-order valence-corrected chi connectivity index (χ3v) is 1.12. The Kier molecular flexibility index (Phi) is 99.7. The van der Waals surface area contributed by atoms with Crippen LogP contribution in [0.4, 0.5) is 0 Å². The van der Waals surface area contributed by atoms with E-state index in [1.54, 1.807) is 0 Å². The van der Waals surface area contributed by atoms with Gasteiger partial charge in [-0.05, 0) is 0 Å². The monoisotopic (exact) mass is 202 g/mol. The van der Waals surface area contributed by atoms with Gasteiger partial charge in [-0.25, -0.2) is 0 Å². The maximum atomic E-state index is 3.60. The van der Waals surface area contributed by atoms with Crippen molar-refractivity contribution < 1.29 is 18.9 Å². The van der Waals surface area contributed by atoms with E-state index in [2.05, 4.69) is 48.0 Å². The molecule has 0 heterocycles. The molecule has 0 atom stereocenters. The molecule has 78 valence electrons. The maximum Gasteiger partial charge on any atom is 2.00 e. The Balaban J connectivity index is -0.0000000270. The van der Waals surface area contributed by atoms with Crippen LogP contribution in [0.25, 0.3) is 0 Å². The SMILES string of the molecule is C[CH-]CC.[CH2-]CCC.[CH2-]CCC.[Li+].[Mg+2]. The topological polar surface area (TPSA) is 0 Å². The van der Waals surface area contributed by atoms with Gasteiger partial charge < -0.3 is 20.3 Å². The number of rotatable bonds is 3. The predicted molar refractivity (Wildman–Crippen MR) is 66.5 cm³/mol. The smallest absolute Gasteiger partial charge is 0.343 e. The molecule has 0 aliphatic heterocycles. The minimum absolute atomic E-state index is 0. The summed E-state index contributed by atoms with van der Waals surface area (Å²) in [4.78, 5) is 0. The van der Waals surface area contributed by atoms with Gasteiger partial charge >= 0.3 is 41.9 Å². The molecule has 0 saturated heterocycles. The average Bonchev–Trinajstić information content (AvgIpc) is 2.18. The Morgan fingerprint density at radius 3 is 1.07 bits per heavy atom. The molecular formula is C12H27LiMg. The van der Waals surface area contributed by atoms with Crippen LogP contribution >= 0.6 is 0 Å². The van der Waals surface area contributed by atoms with Crippen LogP contribution in [0.3, 0.4) is 0 Å². The van der Waals surface area contributed by atoms with Gasteiger partial charge in [0.2, 0.25) is 0 Å². The zero-order valence-electron chi connectivity index (χ0n) is 11.2. The van der Waals surface area contributed by atoms with E-state index in [1.807, 2.05) is 0 Å². The molecule has 0 rings (SSSR count). The molecule has 0 radical (unpaired) electrons. The van der Waals surface area contributed by atoms with Gasteiger partial charge in [-0.2, -0.15) is 26.2 Å². The summed E-state index contributed by atoms with van der Waals surface area (Å²) in [6.45, 7) is 15.6. The van der Waals surface area contributed by atoms with Crippen LogP contribution in [0.15, 0.2) is 0 Å². The summed E-state index contributed by atoms with van der Waals surface area (Å²) in [7, 11) is 0. The first-order chi connectivity index (χ1) is 5.74. The number of hydrogen-bond donors (Lipinski definition) is 0. The summed E-state index contributed by atoms with van der Waals surface area (Å²) in [5.41, 5.74) is 0. The van der Waals surface area contributed by atoms with Crippen LogP contribution < -0.4 is 18.9 Å². The van der Waals surface area contributed by atoms with Crippen LogP contribution in [-0.4, -0.2) is 23.1 Å². The standard InChI is InChI=1S/3C4H9.Li.Mg/c3*1-3-4-2;;/h3H,4H2,1-2H3;2*1,3-4H2,2H3;;/q3*-1;+1;+2. The molecular weight excluding hydrogens is 175 g/mol. The Morgan fingerprint density at radius 2 is 1.07 bits per heavy atom. The summed E-state index contributed by atoms with van der Waals surface area (Å²) < 4.78 is 0. The summed E-state index contributed by atoms with van der Waals surface area (Å²) in [6.07, 6.45) is 7.88. The molecule has 0 fully saturated rings. The Labute approximate surface area is 121 Å². The number of unbranched alkanes of at least 4 members (excludes halogenated alkanes) is 3. The molecule has 0 aromatic heterocycles. The normalized spacial score (nSPS) is 6.43. The average molecular weight is 203 g/mol. The van der Waals surface area contributed by atoms with E-state index >= 15 is 0 Å². The molecule has 0 unspecified atom stereocenters. The van der Waals surface area contributed by atoms with Crippen LogP contribution in [0.5, 0.6) is 0 Å². The second kappa shape index (κ2) is 47.3. The van der Waals surface area contributed by atoms with Crippen LogP contribution in [-0.2, 0) is 0 Å². The van der Waals surface area contributed by atoms with Gasteiger partial charge in [0.15, 0.2) is 0 Å². The van der Waals surface area contributed by atoms with Gasteiger partial charge in [0.25, 0.3) is 0 Å². The molecule has 0 saturated carbocycles. The summed E-state index contributed by atoms with van der Waals surface area (Å²) in [5, 5.41) is 0. The fourth-order valence-corrected chi connectivity index (χ4v) is 0. The van der Waals surface area contributed by atoms with Gasteiger partial charge in [-0.15, -0.1) is 0 Å². The van der Waals surface area contributed by atoms with Crippen molar-refractivity contribution in [1.29, 1.82) is 0 Å². The van der Waals surface area contributed by atoms with E-state index < -0.39 is 0 Å². The largest absolute Gasteiger partial charge is 2.00 e. The molecule has 0 spiro atoms. The minimum Gasteiger partial charge on any atom is -0.343 e. The van der Waals surface area contributed by atoms with Gasteiger partial charge in [-0.3, -0.25) is 0 Å². The number of hydrogen-bond acceptors (Lipinski definition) is 0.